The van der Waals surface area contributed by atoms with Gasteiger partial charge in [0.05, 0.1) is 22.2 Å². The number of phenols is 1. The highest BCUT2D eigenvalue weighted by molar-refractivity contribution is 7.92. The minimum atomic E-state index is -4.88. The number of nitrogens with one attached hydrogen (secondary N) is 2. The standard InChI is InChI=1S/C24H26ClF4N3O6S/c1-13(14(2)30-15(3)33)12-32(39(36,37)17-7-8-19(26)18(25)11-17)20-10-16(6-9-21(20)34)31-22(35)38-23(4,5)24(27,28)29/h6-11,14,34H,1,12H2,2-5H3,(H,30,33)(H,31,35). The number of nitrogens with zero attached hydrogens (tertiary/aromatic N) is 1. The molecule has 2 rings (SSSR count). The number of phenolic OH excluding ortho intramolecular Hbond substituents is 1. The molecule has 0 heterocycles. The predicted molar refractivity (Wildman–Crippen MR) is 137 cm³/mol. The molecule has 0 spiro atoms. The normalized spacial score (nSPS) is 12.8. The molecule has 0 saturated heterocycles. The van der Waals surface area contributed by atoms with Crippen LogP contribution < -0.4 is 14.9 Å². The van der Waals surface area contributed by atoms with Crippen molar-refractivity contribution in [2.45, 2.75) is 50.4 Å². The smallest absolute Gasteiger partial charge is 0.427 e. The second kappa shape index (κ2) is 11.7. The number of aromatic hydroxyl groups is 1. The molecule has 0 radical (unpaired) electrons. The fourth-order valence-electron chi connectivity index (χ4n) is 3.03. The van der Waals surface area contributed by atoms with Crippen LogP contribution in [0.1, 0.15) is 27.7 Å². The highest BCUT2D eigenvalue weighted by Crippen LogP contribution is 2.37. The number of rotatable bonds is 9. The Bertz CT molecular complexity index is 1380. The highest BCUT2D eigenvalue weighted by Gasteiger charge is 2.51. The lowest BCUT2D eigenvalue weighted by atomic mass is 10.1. The molecule has 214 valence electrons. The Morgan fingerprint density at radius 1 is 1.18 bits per heavy atom. The second-order valence-electron chi connectivity index (χ2n) is 8.89. The van der Waals surface area contributed by atoms with E-state index in [0.717, 1.165) is 36.4 Å². The Hall–Kier alpha value is -3.52. The molecular formula is C24H26ClF4N3O6S. The Labute approximate surface area is 227 Å². The molecule has 2 amide bonds. The lowest BCUT2D eigenvalue weighted by molar-refractivity contribution is -0.242. The number of ether oxygens (including phenoxy) is 1. The third-order valence-electron chi connectivity index (χ3n) is 5.38. The summed E-state index contributed by atoms with van der Waals surface area (Å²) in [6, 6.07) is 4.90. The van der Waals surface area contributed by atoms with Gasteiger partial charge in [0.25, 0.3) is 10.0 Å². The van der Waals surface area contributed by atoms with Crippen molar-refractivity contribution >= 4 is 45.0 Å². The topological polar surface area (TPSA) is 125 Å². The molecule has 0 aliphatic carbocycles. The molecule has 1 atom stereocenters. The number of carbonyl (C=O) groups excluding carboxylic acids is 2. The lowest BCUT2D eigenvalue weighted by Crippen LogP contribution is -2.44. The van der Waals surface area contributed by atoms with E-state index in [2.05, 4.69) is 21.9 Å². The lowest BCUT2D eigenvalue weighted by Gasteiger charge is -2.29. The van der Waals surface area contributed by atoms with E-state index in [1.165, 1.54) is 13.8 Å². The van der Waals surface area contributed by atoms with Crippen molar-refractivity contribution < 1.29 is 45.4 Å². The summed E-state index contributed by atoms with van der Waals surface area (Å²) in [5.41, 5.74) is -3.35. The first-order chi connectivity index (χ1) is 17.8. The average Bonchev–Trinajstić information content (AvgIpc) is 2.78. The minimum absolute atomic E-state index is 0.158. The second-order valence-corrected chi connectivity index (χ2v) is 11.2. The quantitative estimate of drug-likeness (QED) is 0.204. The number of alkyl halides is 3. The molecule has 0 aliphatic heterocycles. The molecular weight excluding hydrogens is 570 g/mol. The SMILES string of the molecule is C=C(CN(c1cc(NC(=O)OC(C)(C)C(F)(F)F)ccc1O)S(=O)(=O)c1ccc(F)c(Cl)c1)C(C)NC(C)=O. The maximum Gasteiger partial charge on any atom is 0.427 e. The van der Waals surface area contributed by atoms with Crippen molar-refractivity contribution in [3.05, 3.63) is 59.4 Å². The zero-order valence-electron chi connectivity index (χ0n) is 21.2. The summed E-state index contributed by atoms with van der Waals surface area (Å²) in [5.74, 6) is -1.93. The zero-order chi connectivity index (χ0) is 29.9. The van der Waals surface area contributed by atoms with E-state index in [-0.39, 0.29) is 11.3 Å². The van der Waals surface area contributed by atoms with Gasteiger partial charge in [0.1, 0.15) is 11.6 Å². The molecule has 0 fully saturated rings. The molecule has 0 aliphatic rings. The van der Waals surface area contributed by atoms with Gasteiger partial charge >= 0.3 is 12.3 Å². The van der Waals surface area contributed by atoms with Crippen molar-refractivity contribution in [1.82, 2.24) is 5.32 Å². The number of halogens is 5. The Balaban J connectivity index is 2.55. The first-order valence-corrected chi connectivity index (χ1v) is 12.9. The molecule has 2 aromatic rings. The number of benzene rings is 2. The first kappa shape index (κ1) is 31.7. The summed E-state index contributed by atoms with van der Waals surface area (Å²) in [4.78, 5) is 23.2. The van der Waals surface area contributed by atoms with E-state index < -0.39 is 73.6 Å². The number of carbonyl (C=O) groups is 2. The summed E-state index contributed by atoms with van der Waals surface area (Å²) in [6.45, 7) is 7.30. The highest BCUT2D eigenvalue weighted by atomic mass is 35.5. The summed E-state index contributed by atoms with van der Waals surface area (Å²) >= 11 is 5.77. The van der Waals surface area contributed by atoms with Gasteiger partial charge < -0.3 is 15.2 Å². The minimum Gasteiger partial charge on any atom is -0.506 e. The van der Waals surface area contributed by atoms with Gasteiger partial charge in [-0.2, -0.15) is 13.2 Å². The van der Waals surface area contributed by atoms with Gasteiger partial charge in [-0.25, -0.2) is 17.6 Å². The van der Waals surface area contributed by atoms with Crippen LogP contribution in [0.25, 0.3) is 0 Å². The van der Waals surface area contributed by atoms with Crippen LogP contribution in [0, 0.1) is 5.82 Å². The molecule has 9 nitrogen and oxygen atoms in total. The molecule has 0 saturated carbocycles. The third kappa shape index (κ3) is 7.76. The van der Waals surface area contributed by atoms with Gasteiger partial charge in [0, 0.05) is 18.7 Å². The first-order valence-electron chi connectivity index (χ1n) is 11.1. The van der Waals surface area contributed by atoms with E-state index in [1.807, 2.05) is 0 Å². The van der Waals surface area contributed by atoms with Gasteiger partial charge in [-0.3, -0.25) is 14.4 Å². The third-order valence-corrected chi connectivity index (χ3v) is 7.42. The van der Waals surface area contributed by atoms with Crippen molar-refractivity contribution in [3.8, 4) is 5.75 Å². The molecule has 2 aromatic carbocycles. The fourth-order valence-corrected chi connectivity index (χ4v) is 4.77. The van der Waals surface area contributed by atoms with Gasteiger partial charge in [-0.05, 0) is 62.7 Å². The number of hydrogen-bond donors (Lipinski definition) is 3. The zero-order valence-corrected chi connectivity index (χ0v) is 22.8. The monoisotopic (exact) mass is 595 g/mol. The largest absolute Gasteiger partial charge is 0.506 e. The van der Waals surface area contributed by atoms with Crippen LogP contribution in [0.3, 0.4) is 0 Å². The molecule has 39 heavy (non-hydrogen) atoms. The van der Waals surface area contributed by atoms with Crippen LogP contribution in [-0.4, -0.2) is 49.9 Å². The van der Waals surface area contributed by atoms with E-state index in [4.69, 9.17) is 11.6 Å². The van der Waals surface area contributed by atoms with Crippen LogP contribution in [0.4, 0.5) is 33.7 Å². The van der Waals surface area contributed by atoms with Gasteiger partial charge in [0.15, 0.2) is 0 Å². The number of hydrogen-bond acceptors (Lipinski definition) is 6. The fraction of sp³-hybridized carbons (Fsp3) is 0.333. The van der Waals surface area contributed by atoms with E-state index in [9.17, 15) is 40.7 Å². The predicted octanol–water partition coefficient (Wildman–Crippen LogP) is 5.35. The number of sulfonamides is 1. The molecule has 15 heteroatoms. The van der Waals surface area contributed by atoms with E-state index in [1.54, 1.807) is 0 Å². The van der Waals surface area contributed by atoms with Crippen molar-refractivity contribution in [3.63, 3.8) is 0 Å². The summed E-state index contributed by atoms with van der Waals surface area (Å²) in [6.07, 6.45) is -6.38. The van der Waals surface area contributed by atoms with Crippen LogP contribution in [0.5, 0.6) is 5.75 Å². The summed E-state index contributed by atoms with van der Waals surface area (Å²) in [7, 11) is -4.61. The Morgan fingerprint density at radius 3 is 2.33 bits per heavy atom. The van der Waals surface area contributed by atoms with Crippen LogP contribution in [-0.2, 0) is 19.6 Å². The Morgan fingerprint density at radius 2 is 1.79 bits per heavy atom. The van der Waals surface area contributed by atoms with Gasteiger partial charge in [0.2, 0.25) is 11.5 Å². The van der Waals surface area contributed by atoms with Crippen LogP contribution in [0.2, 0.25) is 5.02 Å². The maximum atomic E-state index is 13.7. The van der Waals surface area contributed by atoms with Crippen molar-refractivity contribution in [2.24, 2.45) is 0 Å². The summed E-state index contributed by atoms with van der Waals surface area (Å²) in [5, 5.41) is 14.6. The molecule has 1 unspecified atom stereocenters. The molecule has 3 N–H and O–H groups in total. The molecule has 0 bridgehead atoms. The number of anilines is 2. The van der Waals surface area contributed by atoms with Gasteiger partial charge in [-0.1, -0.05) is 18.2 Å². The van der Waals surface area contributed by atoms with E-state index >= 15 is 0 Å². The summed E-state index contributed by atoms with van der Waals surface area (Å²) < 4.78 is 85.4. The average molecular weight is 596 g/mol. The van der Waals surface area contributed by atoms with Crippen LogP contribution in [0.15, 0.2) is 53.4 Å². The Kier molecular flexibility index (Phi) is 9.51. The maximum absolute atomic E-state index is 13.7. The number of amides is 2. The molecule has 0 aromatic heterocycles. The van der Waals surface area contributed by atoms with Crippen molar-refractivity contribution in [2.75, 3.05) is 16.2 Å². The van der Waals surface area contributed by atoms with Crippen molar-refractivity contribution in [1.29, 1.82) is 0 Å². The van der Waals surface area contributed by atoms with Gasteiger partial charge in [-0.15, -0.1) is 0 Å². The van der Waals surface area contributed by atoms with Crippen LogP contribution >= 0.6 is 11.6 Å². The van der Waals surface area contributed by atoms with E-state index in [0.29, 0.717) is 18.2 Å².